The van der Waals surface area contributed by atoms with Gasteiger partial charge in [-0.15, -0.1) is 6.58 Å². The summed E-state index contributed by atoms with van der Waals surface area (Å²) in [6, 6.07) is 3.74. The molecule has 3 nitrogen and oxygen atoms in total. The van der Waals surface area contributed by atoms with Gasteiger partial charge in [-0.3, -0.25) is 4.98 Å². The highest BCUT2D eigenvalue weighted by atomic mass is 14.9. The van der Waals surface area contributed by atoms with E-state index in [4.69, 9.17) is 5.26 Å². The molecule has 0 fully saturated rings. The van der Waals surface area contributed by atoms with Crippen LogP contribution in [-0.2, 0) is 0 Å². The van der Waals surface area contributed by atoms with Crippen molar-refractivity contribution in [1.82, 2.24) is 4.98 Å². The molecule has 60 valence electrons. The molecule has 1 aromatic heterocycles. The topological polar surface area (TPSA) is 48.7 Å². The summed E-state index contributed by atoms with van der Waals surface area (Å²) in [7, 11) is 0. The standard InChI is InChI=1S/C9H9N3/c1-2-4-12-9-7-11-5-3-8(9)6-10/h2-3,5,7,12H,1,4H2. The molecule has 0 aliphatic carbocycles. The van der Waals surface area contributed by atoms with Gasteiger partial charge in [-0.05, 0) is 6.07 Å². The first kappa shape index (κ1) is 8.28. The van der Waals surface area contributed by atoms with Crippen LogP contribution in [0.15, 0.2) is 31.1 Å². The van der Waals surface area contributed by atoms with E-state index in [2.05, 4.69) is 22.9 Å². The van der Waals surface area contributed by atoms with Crippen molar-refractivity contribution in [2.75, 3.05) is 11.9 Å². The van der Waals surface area contributed by atoms with E-state index in [-0.39, 0.29) is 0 Å². The number of pyridine rings is 1. The van der Waals surface area contributed by atoms with E-state index in [0.717, 1.165) is 5.69 Å². The van der Waals surface area contributed by atoms with Crippen LogP contribution in [0.4, 0.5) is 5.69 Å². The van der Waals surface area contributed by atoms with Gasteiger partial charge in [0.1, 0.15) is 6.07 Å². The van der Waals surface area contributed by atoms with Crippen molar-refractivity contribution in [3.63, 3.8) is 0 Å². The number of hydrogen-bond acceptors (Lipinski definition) is 3. The summed E-state index contributed by atoms with van der Waals surface area (Å²) < 4.78 is 0. The zero-order chi connectivity index (χ0) is 8.81. The number of aromatic nitrogens is 1. The maximum atomic E-state index is 8.67. The Morgan fingerprint density at radius 2 is 2.58 bits per heavy atom. The highest BCUT2D eigenvalue weighted by Gasteiger charge is 1.97. The molecular formula is C9H9N3. The number of rotatable bonds is 3. The lowest BCUT2D eigenvalue weighted by Gasteiger charge is -2.02. The minimum Gasteiger partial charge on any atom is -0.379 e. The SMILES string of the molecule is C=CCNc1cnccc1C#N. The number of hydrogen-bond donors (Lipinski definition) is 1. The molecular weight excluding hydrogens is 150 g/mol. The van der Waals surface area contributed by atoms with Crippen molar-refractivity contribution in [2.24, 2.45) is 0 Å². The van der Waals surface area contributed by atoms with E-state index in [1.807, 2.05) is 0 Å². The minimum atomic E-state index is 0.604. The van der Waals surface area contributed by atoms with Gasteiger partial charge in [0.25, 0.3) is 0 Å². The third-order valence-electron chi connectivity index (χ3n) is 1.38. The maximum absolute atomic E-state index is 8.67. The van der Waals surface area contributed by atoms with Gasteiger partial charge >= 0.3 is 0 Å². The molecule has 0 spiro atoms. The largest absolute Gasteiger partial charge is 0.379 e. The lowest BCUT2D eigenvalue weighted by atomic mass is 10.2. The lowest BCUT2D eigenvalue weighted by molar-refractivity contribution is 1.25. The average Bonchev–Trinajstić information content (AvgIpc) is 2.15. The first-order valence-corrected chi connectivity index (χ1v) is 3.57. The fourth-order valence-corrected chi connectivity index (χ4v) is 0.815. The fraction of sp³-hybridized carbons (Fsp3) is 0.111. The molecule has 0 unspecified atom stereocenters. The predicted molar refractivity (Wildman–Crippen MR) is 47.6 cm³/mol. The molecule has 1 N–H and O–H groups in total. The summed E-state index contributed by atoms with van der Waals surface area (Å²) in [5, 5.41) is 11.7. The van der Waals surface area contributed by atoms with Crippen LogP contribution in [-0.4, -0.2) is 11.5 Å². The van der Waals surface area contributed by atoms with Crippen LogP contribution in [0.1, 0.15) is 5.56 Å². The molecule has 1 heterocycles. The van der Waals surface area contributed by atoms with Crippen molar-refractivity contribution >= 4 is 5.69 Å². The smallest absolute Gasteiger partial charge is 0.101 e. The van der Waals surface area contributed by atoms with E-state index in [1.165, 1.54) is 0 Å². The molecule has 1 rings (SSSR count). The molecule has 3 heteroatoms. The van der Waals surface area contributed by atoms with Gasteiger partial charge in [0.05, 0.1) is 17.4 Å². The summed E-state index contributed by atoms with van der Waals surface area (Å²) in [6.45, 7) is 4.20. The quantitative estimate of drug-likeness (QED) is 0.681. The van der Waals surface area contributed by atoms with E-state index in [1.54, 1.807) is 24.5 Å². The minimum absolute atomic E-state index is 0.604. The van der Waals surface area contributed by atoms with Gasteiger partial charge in [0.2, 0.25) is 0 Å². The Balaban J connectivity index is 2.83. The Labute approximate surface area is 71.4 Å². The van der Waals surface area contributed by atoms with Crippen LogP contribution >= 0.6 is 0 Å². The summed E-state index contributed by atoms with van der Waals surface area (Å²) in [4.78, 5) is 3.90. The monoisotopic (exact) mass is 159 g/mol. The molecule has 0 aromatic carbocycles. The Hall–Kier alpha value is -1.82. The lowest BCUT2D eigenvalue weighted by Crippen LogP contribution is -2.00. The third-order valence-corrected chi connectivity index (χ3v) is 1.38. The second-order valence-electron chi connectivity index (χ2n) is 2.20. The normalized spacial score (nSPS) is 8.58. The third kappa shape index (κ3) is 1.83. The fourth-order valence-electron chi connectivity index (χ4n) is 0.815. The highest BCUT2D eigenvalue weighted by molar-refractivity contribution is 5.55. The predicted octanol–water partition coefficient (Wildman–Crippen LogP) is 1.55. The Morgan fingerprint density at radius 1 is 1.75 bits per heavy atom. The zero-order valence-electron chi connectivity index (χ0n) is 6.62. The Morgan fingerprint density at radius 3 is 3.25 bits per heavy atom. The highest BCUT2D eigenvalue weighted by Crippen LogP contribution is 2.10. The molecule has 0 atom stereocenters. The van der Waals surface area contributed by atoms with Gasteiger partial charge in [-0.2, -0.15) is 5.26 Å². The summed E-state index contributed by atoms with van der Waals surface area (Å²) in [5.74, 6) is 0. The van der Waals surface area contributed by atoms with Crippen molar-refractivity contribution in [3.05, 3.63) is 36.7 Å². The summed E-state index contributed by atoms with van der Waals surface area (Å²) in [6.07, 6.45) is 4.95. The van der Waals surface area contributed by atoms with Gasteiger partial charge in [-0.25, -0.2) is 0 Å². The van der Waals surface area contributed by atoms with Crippen LogP contribution in [0.25, 0.3) is 0 Å². The molecule has 0 saturated carbocycles. The molecule has 0 amide bonds. The Kier molecular flexibility index (Phi) is 2.86. The van der Waals surface area contributed by atoms with Crippen molar-refractivity contribution in [3.8, 4) is 6.07 Å². The summed E-state index contributed by atoms with van der Waals surface area (Å²) >= 11 is 0. The van der Waals surface area contributed by atoms with Gasteiger partial charge < -0.3 is 5.32 Å². The second kappa shape index (κ2) is 4.14. The first-order valence-electron chi connectivity index (χ1n) is 3.57. The number of nitriles is 1. The summed E-state index contributed by atoms with van der Waals surface area (Å²) in [5.41, 5.74) is 1.35. The molecule has 0 aliphatic rings. The van der Waals surface area contributed by atoms with Crippen LogP contribution in [0.3, 0.4) is 0 Å². The van der Waals surface area contributed by atoms with Crippen molar-refractivity contribution in [1.29, 1.82) is 5.26 Å². The molecule has 0 saturated heterocycles. The van der Waals surface area contributed by atoms with Crippen molar-refractivity contribution in [2.45, 2.75) is 0 Å². The van der Waals surface area contributed by atoms with Gasteiger partial charge in [0.15, 0.2) is 0 Å². The van der Waals surface area contributed by atoms with Gasteiger partial charge in [0, 0.05) is 12.7 Å². The van der Waals surface area contributed by atoms with E-state index in [9.17, 15) is 0 Å². The number of nitrogens with zero attached hydrogens (tertiary/aromatic N) is 2. The van der Waals surface area contributed by atoms with E-state index in [0.29, 0.717) is 12.1 Å². The van der Waals surface area contributed by atoms with Gasteiger partial charge in [-0.1, -0.05) is 6.08 Å². The molecule has 0 bridgehead atoms. The molecule has 12 heavy (non-hydrogen) atoms. The number of nitrogens with one attached hydrogen (secondary N) is 1. The van der Waals surface area contributed by atoms with Crippen LogP contribution in [0.5, 0.6) is 0 Å². The number of anilines is 1. The molecule has 1 aromatic rings. The van der Waals surface area contributed by atoms with Crippen molar-refractivity contribution < 1.29 is 0 Å². The van der Waals surface area contributed by atoms with Crippen LogP contribution < -0.4 is 5.32 Å². The second-order valence-corrected chi connectivity index (χ2v) is 2.20. The molecule has 0 aliphatic heterocycles. The Bertz CT molecular complexity index is 312. The van der Waals surface area contributed by atoms with Crippen LogP contribution in [0, 0.1) is 11.3 Å². The van der Waals surface area contributed by atoms with E-state index < -0.39 is 0 Å². The maximum Gasteiger partial charge on any atom is 0.101 e. The van der Waals surface area contributed by atoms with Crippen LogP contribution in [0.2, 0.25) is 0 Å². The zero-order valence-corrected chi connectivity index (χ0v) is 6.62. The average molecular weight is 159 g/mol. The first-order chi connectivity index (χ1) is 5.88. The van der Waals surface area contributed by atoms with E-state index >= 15 is 0 Å². The molecule has 0 radical (unpaired) electrons.